The Labute approximate surface area is 99.5 Å². The molecule has 0 atom stereocenters. The molecule has 0 aliphatic carbocycles. The number of rotatable bonds is 4. The maximum atomic E-state index is 12.2. The van der Waals surface area contributed by atoms with E-state index in [1.807, 2.05) is 6.08 Å². The van der Waals surface area contributed by atoms with Crippen LogP contribution in [0.1, 0.15) is 23.6 Å². The Kier molecular flexibility index (Phi) is 4.63. The SMILES string of the molecule is CC(=Cc1cc(C)c(OC(F)F)c(C)c1)CO. The highest BCUT2D eigenvalue weighted by Crippen LogP contribution is 2.27. The molecule has 0 aromatic heterocycles. The van der Waals surface area contributed by atoms with E-state index in [1.54, 1.807) is 32.9 Å². The molecule has 0 heterocycles. The molecule has 0 aliphatic heterocycles. The molecule has 0 bridgehead atoms. The minimum Gasteiger partial charge on any atom is -0.434 e. The van der Waals surface area contributed by atoms with Gasteiger partial charge in [-0.3, -0.25) is 0 Å². The first-order valence-electron chi connectivity index (χ1n) is 5.28. The average molecular weight is 242 g/mol. The highest BCUT2D eigenvalue weighted by molar-refractivity contribution is 5.58. The molecule has 94 valence electrons. The molecule has 0 aliphatic rings. The zero-order chi connectivity index (χ0) is 13.0. The van der Waals surface area contributed by atoms with Crippen molar-refractivity contribution in [3.63, 3.8) is 0 Å². The van der Waals surface area contributed by atoms with Crippen molar-refractivity contribution in [1.82, 2.24) is 0 Å². The van der Waals surface area contributed by atoms with Gasteiger partial charge in [0.2, 0.25) is 0 Å². The largest absolute Gasteiger partial charge is 0.434 e. The molecule has 0 unspecified atom stereocenters. The van der Waals surface area contributed by atoms with Crippen molar-refractivity contribution >= 4 is 6.08 Å². The van der Waals surface area contributed by atoms with Gasteiger partial charge >= 0.3 is 6.61 Å². The lowest BCUT2D eigenvalue weighted by molar-refractivity contribution is -0.0507. The minimum absolute atomic E-state index is 0.0205. The molecule has 1 aromatic carbocycles. The second-order valence-corrected chi connectivity index (χ2v) is 4.01. The topological polar surface area (TPSA) is 29.5 Å². The number of benzene rings is 1. The monoisotopic (exact) mass is 242 g/mol. The average Bonchev–Trinajstić information content (AvgIpc) is 2.23. The Balaban J connectivity index is 3.09. The maximum absolute atomic E-state index is 12.2. The Morgan fingerprint density at radius 2 is 1.88 bits per heavy atom. The summed E-state index contributed by atoms with van der Waals surface area (Å²) in [7, 11) is 0. The van der Waals surface area contributed by atoms with Crippen molar-refractivity contribution in [3.8, 4) is 5.75 Å². The third-order valence-corrected chi connectivity index (χ3v) is 2.35. The molecule has 0 fully saturated rings. The number of hydrogen-bond donors (Lipinski definition) is 1. The second-order valence-electron chi connectivity index (χ2n) is 4.01. The molecule has 1 rings (SSSR count). The Bertz CT molecular complexity index is 402. The van der Waals surface area contributed by atoms with Crippen LogP contribution >= 0.6 is 0 Å². The third kappa shape index (κ3) is 3.82. The van der Waals surface area contributed by atoms with Crippen molar-refractivity contribution in [2.75, 3.05) is 6.61 Å². The summed E-state index contributed by atoms with van der Waals surface area (Å²) in [5.41, 5.74) is 2.99. The summed E-state index contributed by atoms with van der Waals surface area (Å²) in [6.07, 6.45) is 1.81. The summed E-state index contributed by atoms with van der Waals surface area (Å²) in [6, 6.07) is 3.51. The van der Waals surface area contributed by atoms with Crippen molar-refractivity contribution in [2.45, 2.75) is 27.4 Å². The normalized spacial score (nSPS) is 12.1. The minimum atomic E-state index is -2.81. The number of aryl methyl sites for hydroxylation is 2. The number of aliphatic hydroxyl groups is 1. The second kappa shape index (κ2) is 5.77. The number of hydrogen-bond acceptors (Lipinski definition) is 2. The van der Waals surface area contributed by atoms with Crippen molar-refractivity contribution in [3.05, 3.63) is 34.4 Å². The van der Waals surface area contributed by atoms with E-state index in [4.69, 9.17) is 5.11 Å². The highest BCUT2D eigenvalue weighted by atomic mass is 19.3. The van der Waals surface area contributed by atoms with Crippen LogP contribution in [0, 0.1) is 13.8 Å². The zero-order valence-corrected chi connectivity index (χ0v) is 10.1. The quantitative estimate of drug-likeness (QED) is 0.877. The lowest BCUT2D eigenvalue weighted by atomic mass is 10.0. The van der Waals surface area contributed by atoms with Crippen molar-refractivity contribution < 1.29 is 18.6 Å². The van der Waals surface area contributed by atoms with Gasteiger partial charge in [0.25, 0.3) is 0 Å². The van der Waals surface area contributed by atoms with Crippen molar-refractivity contribution in [2.24, 2.45) is 0 Å². The van der Waals surface area contributed by atoms with Gasteiger partial charge in [-0.25, -0.2) is 0 Å². The van der Waals surface area contributed by atoms with E-state index >= 15 is 0 Å². The van der Waals surface area contributed by atoms with Crippen LogP contribution in [-0.2, 0) is 0 Å². The van der Waals surface area contributed by atoms with E-state index in [2.05, 4.69) is 4.74 Å². The smallest absolute Gasteiger partial charge is 0.387 e. The van der Waals surface area contributed by atoms with Crippen LogP contribution in [-0.4, -0.2) is 18.3 Å². The van der Waals surface area contributed by atoms with Gasteiger partial charge in [0.1, 0.15) is 5.75 Å². The van der Waals surface area contributed by atoms with Crippen LogP contribution in [0.15, 0.2) is 17.7 Å². The van der Waals surface area contributed by atoms with E-state index < -0.39 is 6.61 Å². The predicted molar refractivity (Wildman–Crippen MR) is 63.3 cm³/mol. The molecular weight excluding hydrogens is 226 g/mol. The zero-order valence-electron chi connectivity index (χ0n) is 10.1. The molecule has 0 saturated heterocycles. The molecular formula is C13H16F2O2. The number of aliphatic hydroxyl groups excluding tert-OH is 1. The third-order valence-electron chi connectivity index (χ3n) is 2.35. The molecule has 0 saturated carbocycles. The standard InChI is InChI=1S/C13H16F2O2/c1-8(7-16)4-11-5-9(2)12(10(3)6-11)17-13(14)15/h4-6,13,16H,7H2,1-3H3. The van der Waals surface area contributed by atoms with Crippen LogP contribution in [0.5, 0.6) is 5.75 Å². The van der Waals surface area contributed by atoms with Gasteiger partial charge in [0.05, 0.1) is 6.61 Å². The summed E-state index contributed by atoms with van der Waals surface area (Å²) >= 11 is 0. The van der Waals surface area contributed by atoms with E-state index in [0.29, 0.717) is 11.1 Å². The lowest BCUT2D eigenvalue weighted by Crippen LogP contribution is -2.05. The molecule has 0 radical (unpaired) electrons. The molecule has 2 nitrogen and oxygen atoms in total. The van der Waals surface area contributed by atoms with Gasteiger partial charge in [-0.15, -0.1) is 0 Å². The molecule has 1 N–H and O–H groups in total. The predicted octanol–water partition coefficient (Wildman–Crippen LogP) is 3.30. The van der Waals surface area contributed by atoms with Gasteiger partial charge in [0, 0.05) is 0 Å². The van der Waals surface area contributed by atoms with E-state index in [9.17, 15) is 8.78 Å². The number of ether oxygens (including phenoxy) is 1. The summed E-state index contributed by atoms with van der Waals surface area (Å²) in [6.45, 7) is 2.40. The Hall–Kier alpha value is -1.42. The Morgan fingerprint density at radius 1 is 1.35 bits per heavy atom. The molecule has 17 heavy (non-hydrogen) atoms. The summed E-state index contributed by atoms with van der Waals surface area (Å²) in [5, 5.41) is 8.92. The first-order valence-corrected chi connectivity index (χ1v) is 5.28. The lowest BCUT2D eigenvalue weighted by Gasteiger charge is -2.12. The van der Waals surface area contributed by atoms with Gasteiger partial charge in [-0.2, -0.15) is 8.78 Å². The fourth-order valence-corrected chi connectivity index (χ4v) is 1.67. The van der Waals surface area contributed by atoms with Gasteiger partial charge < -0.3 is 9.84 Å². The molecule has 1 aromatic rings. The van der Waals surface area contributed by atoms with E-state index in [1.165, 1.54) is 0 Å². The number of halogens is 2. The summed E-state index contributed by atoms with van der Waals surface area (Å²) in [5.74, 6) is 0.221. The highest BCUT2D eigenvalue weighted by Gasteiger charge is 2.10. The van der Waals surface area contributed by atoms with E-state index in [0.717, 1.165) is 11.1 Å². The molecule has 4 heteroatoms. The van der Waals surface area contributed by atoms with Crippen LogP contribution in [0.4, 0.5) is 8.78 Å². The fourth-order valence-electron chi connectivity index (χ4n) is 1.67. The van der Waals surface area contributed by atoms with Gasteiger partial charge in [-0.05, 0) is 55.2 Å². The van der Waals surface area contributed by atoms with Crippen LogP contribution in [0.2, 0.25) is 0 Å². The molecule has 0 amide bonds. The number of alkyl halides is 2. The fraction of sp³-hybridized carbons (Fsp3) is 0.385. The summed E-state index contributed by atoms with van der Waals surface area (Å²) in [4.78, 5) is 0. The first kappa shape index (κ1) is 13.6. The maximum Gasteiger partial charge on any atom is 0.387 e. The Morgan fingerprint density at radius 3 is 2.29 bits per heavy atom. The van der Waals surface area contributed by atoms with Gasteiger partial charge in [-0.1, -0.05) is 6.08 Å². The van der Waals surface area contributed by atoms with E-state index in [-0.39, 0.29) is 12.4 Å². The summed E-state index contributed by atoms with van der Waals surface area (Å²) < 4.78 is 28.8. The molecule has 0 spiro atoms. The first-order chi connectivity index (χ1) is 7.93. The van der Waals surface area contributed by atoms with Crippen LogP contribution in [0.25, 0.3) is 6.08 Å². The van der Waals surface area contributed by atoms with Gasteiger partial charge in [0.15, 0.2) is 0 Å². The van der Waals surface area contributed by atoms with Crippen LogP contribution < -0.4 is 4.74 Å². The van der Waals surface area contributed by atoms with Crippen LogP contribution in [0.3, 0.4) is 0 Å². The van der Waals surface area contributed by atoms with Crippen molar-refractivity contribution in [1.29, 1.82) is 0 Å².